The first-order valence-corrected chi connectivity index (χ1v) is 5.73. The summed E-state index contributed by atoms with van der Waals surface area (Å²) in [6, 6.07) is 4.90. The van der Waals surface area contributed by atoms with Gasteiger partial charge >= 0.3 is 5.97 Å². The van der Waals surface area contributed by atoms with E-state index in [0.29, 0.717) is 25.1 Å². The van der Waals surface area contributed by atoms with Crippen LogP contribution in [0.1, 0.15) is 24.5 Å². The molecular formula is C13H18FNO2. The van der Waals surface area contributed by atoms with E-state index in [2.05, 4.69) is 5.32 Å². The molecule has 0 heterocycles. The molecule has 0 amide bonds. The summed E-state index contributed by atoms with van der Waals surface area (Å²) in [6.45, 7) is 4.56. The van der Waals surface area contributed by atoms with Crippen LogP contribution in [0.3, 0.4) is 0 Å². The van der Waals surface area contributed by atoms with Crippen LogP contribution in [0.2, 0.25) is 0 Å². The van der Waals surface area contributed by atoms with Crippen molar-refractivity contribution in [3.05, 3.63) is 35.1 Å². The second-order valence-electron chi connectivity index (χ2n) is 4.16. The van der Waals surface area contributed by atoms with Crippen molar-refractivity contribution in [2.75, 3.05) is 6.54 Å². The maximum Gasteiger partial charge on any atom is 0.307 e. The van der Waals surface area contributed by atoms with Crippen molar-refractivity contribution in [2.24, 2.45) is 5.92 Å². The van der Waals surface area contributed by atoms with Gasteiger partial charge in [0, 0.05) is 13.1 Å². The zero-order valence-corrected chi connectivity index (χ0v) is 10.2. The van der Waals surface area contributed by atoms with Crippen LogP contribution in [0.25, 0.3) is 0 Å². The third-order valence-electron chi connectivity index (χ3n) is 2.78. The van der Waals surface area contributed by atoms with Gasteiger partial charge in [-0.15, -0.1) is 0 Å². The minimum Gasteiger partial charge on any atom is -0.481 e. The average Bonchev–Trinajstić information content (AvgIpc) is 2.28. The van der Waals surface area contributed by atoms with E-state index in [0.717, 1.165) is 5.56 Å². The van der Waals surface area contributed by atoms with Gasteiger partial charge in [0.2, 0.25) is 0 Å². The monoisotopic (exact) mass is 239 g/mol. The van der Waals surface area contributed by atoms with Gasteiger partial charge in [-0.25, -0.2) is 4.39 Å². The molecule has 17 heavy (non-hydrogen) atoms. The van der Waals surface area contributed by atoms with E-state index in [-0.39, 0.29) is 11.7 Å². The van der Waals surface area contributed by atoms with E-state index in [1.807, 2.05) is 6.92 Å². The Morgan fingerprint density at radius 2 is 2.24 bits per heavy atom. The topological polar surface area (TPSA) is 49.3 Å². The predicted molar refractivity (Wildman–Crippen MR) is 64.3 cm³/mol. The van der Waals surface area contributed by atoms with Crippen LogP contribution in [0.4, 0.5) is 4.39 Å². The molecule has 1 atom stereocenters. The molecule has 4 heteroatoms. The van der Waals surface area contributed by atoms with Crippen molar-refractivity contribution in [3.8, 4) is 0 Å². The number of carboxylic acid groups (broad SMARTS) is 1. The van der Waals surface area contributed by atoms with Crippen molar-refractivity contribution in [2.45, 2.75) is 26.8 Å². The summed E-state index contributed by atoms with van der Waals surface area (Å²) < 4.78 is 13.0. The highest BCUT2D eigenvalue weighted by Crippen LogP contribution is 2.09. The Balaban J connectivity index is 2.45. The molecule has 94 valence electrons. The van der Waals surface area contributed by atoms with Crippen LogP contribution >= 0.6 is 0 Å². The Morgan fingerprint density at radius 3 is 2.76 bits per heavy atom. The lowest BCUT2D eigenvalue weighted by Gasteiger charge is -2.11. The van der Waals surface area contributed by atoms with Gasteiger partial charge < -0.3 is 10.4 Å². The molecule has 0 saturated carbocycles. The summed E-state index contributed by atoms with van der Waals surface area (Å²) in [5.74, 6) is -1.36. The van der Waals surface area contributed by atoms with Crippen LogP contribution < -0.4 is 5.32 Å². The third kappa shape index (κ3) is 4.15. The number of nitrogens with one attached hydrogen (secondary N) is 1. The lowest BCUT2D eigenvalue weighted by atomic mass is 10.1. The van der Waals surface area contributed by atoms with Gasteiger partial charge in [-0.05, 0) is 30.5 Å². The number of carboxylic acids is 1. The quantitative estimate of drug-likeness (QED) is 0.801. The number of hydrogen-bond acceptors (Lipinski definition) is 2. The fraction of sp³-hybridized carbons (Fsp3) is 0.462. The predicted octanol–water partition coefficient (Wildman–Crippen LogP) is 2.33. The number of halogens is 1. The number of rotatable bonds is 6. The highest BCUT2D eigenvalue weighted by atomic mass is 19.1. The van der Waals surface area contributed by atoms with Crippen LogP contribution in [-0.4, -0.2) is 17.6 Å². The van der Waals surface area contributed by atoms with Gasteiger partial charge in [0.25, 0.3) is 0 Å². The van der Waals surface area contributed by atoms with Crippen molar-refractivity contribution >= 4 is 5.97 Å². The molecule has 0 radical (unpaired) electrons. The highest BCUT2D eigenvalue weighted by molar-refractivity contribution is 5.70. The zero-order chi connectivity index (χ0) is 12.8. The molecule has 0 spiro atoms. The van der Waals surface area contributed by atoms with Gasteiger partial charge in [-0.1, -0.05) is 19.1 Å². The summed E-state index contributed by atoms with van der Waals surface area (Å²) >= 11 is 0. The number of benzene rings is 1. The molecule has 1 aromatic carbocycles. The standard InChI is InChI=1S/C13H18FNO2/c1-3-11(13(16)17)8-15-7-10-4-5-12(14)9(2)6-10/h4-6,11,15H,3,7-8H2,1-2H3,(H,16,17). The minimum absolute atomic E-state index is 0.217. The molecule has 0 aromatic heterocycles. The molecule has 1 aromatic rings. The fourth-order valence-corrected chi connectivity index (χ4v) is 1.61. The maximum absolute atomic E-state index is 13.0. The van der Waals surface area contributed by atoms with Crippen LogP contribution in [-0.2, 0) is 11.3 Å². The molecule has 2 N–H and O–H groups in total. The van der Waals surface area contributed by atoms with E-state index in [1.165, 1.54) is 6.07 Å². The number of aryl methyl sites for hydroxylation is 1. The Kier molecular flexibility index (Phi) is 5.10. The van der Waals surface area contributed by atoms with Crippen molar-refractivity contribution < 1.29 is 14.3 Å². The van der Waals surface area contributed by atoms with Crippen molar-refractivity contribution in [1.29, 1.82) is 0 Å². The SMILES string of the molecule is CCC(CNCc1ccc(F)c(C)c1)C(=O)O. The van der Waals surface area contributed by atoms with Gasteiger partial charge in [0.15, 0.2) is 0 Å². The average molecular weight is 239 g/mol. The molecule has 3 nitrogen and oxygen atoms in total. The Bertz CT molecular complexity index is 393. The Labute approximate surface area is 101 Å². The molecule has 0 bridgehead atoms. The first-order chi connectivity index (χ1) is 8.04. The Hall–Kier alpha value is -1.42. The van der Waals surface area contributed by atoms with E-state index in [4.69, 9.17) is 5.11 Å². The summed E-state index contributed by atoms with van der Waals surface area (Å²) in [5.41, 5.74) is 1.57. The molecule has 0 saturated heterocycles. The number of aliphatic carboxylic acids is 1. The van der Waals surface area contributed by atoms with E-state index >= 15 is 0 Å². The Morgan fingerprint density at radius 1 is 1.53 bits per heavy atom. The summed E-state index contributed by atoms with van der Waals surface area (Å²) in [5, 5.41) is 11.9. The largest absolute Gasteiger partial charge is 0.481 e. The second kappa shape index (κ2) is 6.35. The van der Waals surface area contributed by atoms with Gasteiger partial charge in [0.05, 0.1) is 5.92 Å². The number of carbonyl (C=O) groups is 1. The minimum atomic E-state index is -0.782. The zero-order valence-electron chi connectivity index (χ0n) is 10.2. The summed E-state index contributed by atoms with van der Waals surface area (Å²) in [7, 11) is 0. The van der Waals surface area contributed by atoms with Crippen LogP contribution in [0, 0.1) is 18.7 Å². The molecule has 1 rings (SSSR count). The molecule has 1 unspecified atom stereocenters. The first kappa shape index (κ1) is 13.6. The molecule has 0 aliphatic carbocycles. The molecule has 0 aliphatic heterocycles. The highest BCUT2D eigenvalue weighted by Gasteiger charge is 2.13. The van der Waals surface area contributed by atoms with Gasteiger partial charge in [-0.2, -0.15) is 0 Å². The first-order valence-electron chi connectivity index (χ1n) is 5.73. The maximum atomic E-state index is 13.0. The van der Waals surface area contributed by atoms with E-state index in [9.17, 15) is 9.18 Å². The lowest BCUT2D eigenvalue weighted by Crippen LogP contribution is -2.27. The normalized spacial score (nSPS) is 12.4. The molecule has 0 aliphatic rings. The fourth-order valence-electron chi connectivity index (χ4n) is 1.61. The number of hydrogen-bond donors (Lipinski definition) is 2. The summed E-state index contributed by atoms with van der Waals surface area (Å²) in [6.07, 6.45) is 0.602. The second-order valence-corrected chi connectivity index (χ2v) is 4.16. The third-order valence-corrected chi connectivity index (χ3v) is 2.78. The van der Waals surface area contributed by atoms with E-state index in [1.54, 1.807) is 19.1 Å². The van der Waals surface area contributed by atoms with Gasteiger partial charge in [0.1, 0.15) is 5.82 Å². The van der Waals surface area contributed by atoms with Gasteiger partial charge in [-0.3, -0.25) is 4.79 Å². The molecule has 0 fully saturated rings. The van der Waals surface area contributed by atoms with Crippen LogP contribution in [0.15, 0.2) is 18.2 Å². The van der Waals surface area contributed by atoms with Crippen molar-refractivity contribution in [3.63, 3.8) is 0 Å². The van der Waals surface area contributed by atoms with Crippen LogP contribution in [0.5, 0.6) is 0 Å². The van der Waals surface area contributed by atoms with Crippen molar-refractivity contribution in [1.82, 2.24) is 5.32 Å². The smallest absolute Gasteiger partial charge is 0.307 e. The molecular weight excluding hydrogens is 221 g/mol. The summed E-state index contributed by atoms with van der Waals surface area (Å²) in [4.78, 5) is 10.8. The van der Waals surface area contributed by atoms with E-state index < -0.39 is 5.97 Å². The lowest BCUT2D eigenvalue weighted by molar-refractivity contribution is -0.141.